The molecule has 4 nitrogen and oxygen atoms in total. The van der Waals surface area contributed by atoms with Crippen molar-refractivity contribution >= 4 is 12.4 Å². The minimum Gasteiger partial charge on any atom is -0.428 e. The zero-order valence-corrected chi connectivity index (χ0v) is 15.7. The number of pyridine rings is 1. The summed E-state index contributed by atoms with van der Waals surface area (Å²) in [6.07, 6.45) is 10.4. The van der Waals surface area contributed by atoms with Crippen LogP contribution in [0.5, 0.6) is 0 Å². The Morgan fingerprint density at radius 1 is 0.870 bits per heavy atom. The van der Waals surface area contributed by atoms with Crippen LogP contribution in [0.1, 0.15) is 73.9 Å². The van der Waals surface area contributed by atoms with Crippen molar-refractivity contribution in [2.45, 2.75) is 78.6 Å². The molecule has 1 aromatic rings. The van der Waals surface area contributed by atoms with Gasteiger partial charge in [0, 0.05) is 11.1 Å². The van der Waals surface area contributed by atoms with Crippen LogP contribution >= 0.6 is 12.4 Å². The molecule has 0 saturated heterocycles. The first-order chi connectivity index (χ1) is 10.5. The molecule has 1 heterocycles. The van der Waals surface area contributed by atoms with E-state index in [2.05, 4.69) is 0 Å². The molecule has 0 amide bonds. The lowest BCUT2D eigenvalue weighted by atomic mass is 10.0. The highest BCUT2D eigenvalue weighted by Crippen LogP contribution is 2.14. The van der Waals surface area contributed by atoms with Crippen LogP contribution in [0.25, 0.3) is 0 Å². The third-order valence-corrected chi connectivity index (χ3v) is 4.60. The summed E-state index contributed by atoms with van der Waals surface area (Å²) in [6.45, 7) is 6.18. The second-order valence-electron chi connectivity index (χ2n) is 6.29. The van der Waals surface area contributed by atoms with E-state index in [0.29, 0.717) is 16.8 Å². The van der Waals surface area contributed by atoms with E-state index in [1.54, 1.807) is 13.8 Å². The van der Waals surface area contributed by atoms with Gasteiger partial charge in [-0.25, -0.2) is 0 Å². The predicted octanol–water partition coefficient (Wildman–Crippen LogP) is 4.05. The van der Waals surface area contributed by atoms with Gasteiger partial charge in [-0.1, -0.05) is 38.5 Å². The van der Waals surface area contributed by atoms with Crippen LogP contribution in [0, 0.1) is 20.8 Å². The highest BCUT2D eigenvalue weighted by atomic mass is 35.5. The van der Waals surface area contributed by atoms with Crippen LogP contribution in [0.2, 0.25) is 0 Å². The Kier molecular flexibility index (Phi) is 11.0. The Morgan fingerprint density at radius 3 is 1.87 bits per heavy atom. The van der Waals surface area contributed by atoms with Gasteiger partial charge in [0.05, 0.1) is 11.4 Å². The molecule has 0 aliphatic heterocycles. The number of aromatic nitrogens is 1. The van der Waals surface area contributed by atoms with Gasteiger partial charge in [0.1, 0.15) is 0 Å². The van der Waals surface area contributed by atoms with Crippen molar-refractivity contribution < 1.29 is 5.21 Å². The van der Waals surface area contributed by atoms with Crippen molar-refractivity contribution in [3.8, 4) is 0 Å². The molecule has 0 atom stereocenters. The number of nitrogens with two attached hydrogens (primary N) is 1. The summed E-state index contributed by atoms with van der Waals surface area (Å²) < 4.78 is 1.21. The fraction of sp³-hybridized carbons (Fsp3) is 0.722. The Morgan fingerprint density at radius 2 is 1.35 bits per heavy atom. The largest absolute Gasteiger partial charge is 0.428 e. The molecule has 0 aromatic carbocycles. The molecular formula is C18H33ClN2O2. The average Bonchev–Trinajstić information content (AvgIpc) is 2.52. The van der Waals surface area contributed by atoms with E-state index in [1.807, 2.05) is 6.92 Å². The summed E-state index contributed by atoms with van der Waals surface area (Å²) in [6, 6.07) is 0. The van der Waals surface area contributed by atoms with Crippen molar-refractivity contribution in [2.24, 2.45) is 5.73 Å². The number of hydrogen-bond acceptors (Lipinski definition) is 3. The van der Waals surface area contributed by atoms with Crippen LogP contribution in [0.15, 0.2) is 4.79 Å². The molecule has 0 unspecified atom stereocenters. The molecule has 0 aliphatic rings. The number of unbranched alkanes of at least 4 members (excludes halogenated alkanes) is 7. The minimum atomic E-state index is 0. The molecule has 0 saturated carbocycles. The minimum absolute atomic E-state index is 0. The Labute approximate surface area is 146 Å². The van der Waals surface area contributed by atoms with Crippen molar-refractivity contribution in [1.82, 2.24) is 4.73 Å². The SMILES string of the molecule is Cc1c(C)n(O)c(CCCCCCCCCCN)c(C)c1=O.Cl. The molecule has 134 valence electrons. The van der Waals surface area contributed by atoms with E-state index in [4.69, 9.17) is 5.73 Å². The maximum Gasteiger partial charge on any atom is 0.188 e. The van der Waals surface area contributed by atoms with E-state index >= 15 is 0 Å². The molecule has 1 aromatic heterocycles. The third-order valence-electron chi connectivity index (χ3n) is 4.60. The first-order valence-corrected chi connectivity index (χ1v) is 8.61. The van der Waals surface area contributed by atoms with Crippen molar-refractivity contribution in [2.75, 3.05) is 6.54 Å². The fourth-order valence-electron chi connectivity index (χ4n) is 2.89. The lowest BCUT2D eigenvalue weighted by Crippen LogP contribution is -2.21. The van der Waals surface area contributed by atoms with Crippen molar-refractivity contribution in [3.05, 3.63) is 32.7 Å². The van der Waals surface area contributed by atoms with Gasteiger partial charge >= 0.3 is 0 Å². The second kappa shape index (κ2) is 11.5. The van der Waals surface area contributed by atoms with Gasteiger partial charge in [-0.05, 0) is 46.6 Å². The zero-order valence-electron chi connectivity index (χ0n) is 14.9. The van der Waals surface area contributed by atoms with Crippen molar-refractivity contribution in [1.29, 1.82) is 0 Å². The maximum absolute atomic E-state index is 12.1. The summed E-state index contributed by atoms with van der Waals surface area (Å²) in [4.78, 5) is 12.1. The van der Waals surface area contributed by atoms with E-state index in [-0.39, 0.29) is 17.8 Å². The first-order valence-electron chi connectivity index (χ1n) is 8.61. The van der Waals surface area contributed by atoms with E-state index in [9.17, 15) is 10.0 Å². The standard InChI is InChI=1S/C18H32N2O2.ClH/c1-14-16(3)20(22)17(15(2)18(14)21)12-10-8-6-4-5-7-9-11-13-19;/h22H,4-13,19H2,1-3H3;1H. The summed E-state index contributed by atoms with van der Waals surface area (Å²) >= 11 is 0. The molecule has 0 spiro atoms. The van der Waals surface area contributed by atoms with Gasteiger partial charge in [0.15, 0.2) is 5.43 Å². The van der Waals surface area contributed by atoms with Gasteiger partial charge in [0.2, 0.25) is 0 Å². The molecule has 23 heavy (non-hydrogen) atoms. The lowest BCUT2D eigenvalue weighted by molar-refractivity contribution is 0.165. The smallest absolute Gasteiger partial charge is 0.188 e. The molecule has 3 N–H and O–H groups in total. The molecule has 0 bridgehead atoms. The van der Waals surface area contributed by atoms with Crippen LogP contribution < -0.4 is 11.2 Å². The lowest BCUT2D eigenvalue weighted by Gasteiger charge is -2.15. The molecule has 5 heteroatoms. The van der Waals surface area contributed by atoms with E-state index < -0.39 is 0 Å². The molecular weight excluding hydrogens is 312 g/mol. The highest BCUT2D eigenvalue weighted by molar-refractivity contribution is 5.85. The van der Waals surface area contributed by atoms with Crippen LogP contribution in [0.4, 0.5) is 0 Å². The summed E-state index contributed by atoms with van der Waals surface area (Å²) in [5.41, 5.74) is 8.30. The monoisotopic (exact) mass is 344 g/mol. The van der Waals surface area contributed by atoms with Crippen molar-refractivity contribution in [3.63, 3.8) is 0 Å². The zero-order chi connectivity index (χ0) is 16.5. The molecule has 0 radical (unpaired) electrons. The topological polar surface area (TPSA) is 68.2 Å². The molecule has 0 aliphatic carbocycles. The van der Waals surface area contributed by atoms with E-state index in [1.165, 1.54) is 36.8 Å². The quantitative estimate of drug-likeness (QED) is 0.497. The average molecular weight is 345 g/mol. The van der Waals surface area contributed by atoms with Gasteiger partial charge in [-0.3, -0.25) is 4.79 Å². The summed E-state index contributed by atoms with van der Waals surface area (Å²) in [5.74, 6) is 0. The van der Waals surface area contributed by atoms with E-state index in [0.717, 1.165) is 37.9 Å². The second-order valence-corrected chi connectivity index (χ2v) is 6.29. The number of nitrogens with zero attached hydrogens (tertiary/aromatic N) is 1. The number of hydrogen-bond donors (Lipinski definition) is 2. The third kappa shape index (κ3) is 6.56. The molecule has 0 fully saturated rings. The molecule has 1 rings (SSSR count). The van der Waals surface area contributed by atoms with Gasteiger partial charge < -0.3 is 10.9 Å². The van der Waals surface area contributed by atoms with Crippen LogP contribution in [-0.2, 0) is 6.42 Å². The maximum atomic E-state index is 12.1. The predicted molar refractivity (Wildman–Crippen MR) is 99.0 cm³/mol. The summed E-state index contributed by atoms with van der Waals surface area (Å²) in [5, 5.41) is 10.2. The Hall–Kier alpha value is -1.00. The summed E-state index contributed by atoms with van der Waals surface area (Å²) in [7, 11) is 0. The van der Waals surface area contributed by atoms with Gasteiger partial charge in [0.25, 0.3) is 0 Å². The number of rotatable bonds is 10. The number of halogens is 1. The highest BCUT2D eigenvalue weighted by Gasteiger charge is 2.13. The first kappa shape index (κ1) is 22.0. The Balaban J connectivity index is 0.00000484. The van der Waals surface area contributed by atoms with Crippen LogP contribution in [-0.4, -0.2) is 16.5 Å². The normalized spacial score (nSPS) is 10.6. The van der Waals surface area contributed by atoms with Crippen LogP contribution in [0.3, 0.4) is 0 Å². The van der Waals surface area contributed by atoms with Gasteiger partial charge in [-0.2, -0.15) is 4.73 Å². The Bertz CT molecular complexity index is 527. The fourth-order valence-corrected chi connectivity index (χ4v) is 2.89. The van der Waals surface area contributed by atoms with Gasteiger partial charge in [-0.15, -0.1) is 12.4 Å².